The summed E-state index contributed by atoms with van der Waals surface area (Å²) in [7, 11) is 0. The Morgan fingerprint density at radius 1 is 1.14 bits per heavy atom. The highest BCUT2D eigenvalue weighted by atomic mass is 16.5. The first-order valence-corrected chi connectivity index (χ1v) is 7.55. The zero-order valence-corrected chi connectivity index (χ0v) is 12.6. The summed E-state index contributed by atoms with van der Waals surface area (Å²) in [5.74, 6) is -0.587. The number of unbranched alkanes of at least 4 members (excludes halogenated alkanes) is 4. The topological polar surface area (TPSA) is 95.9 Å². The predicted molar refractivity (Wildman–Crippen MR) is 81.7 cm³/mol. The van der Waals surface area contributed by atoms with Crippen molar-refractivity contribution in [2.75, 3.05) is 5.32 Å². The first-order valence-electron chi connectivity index (χ1n) is 7.55. The monoisotopic (exact) mass is 304 g/mol. The number of nitrogens with one attached hydrogen (secondary N) is 1. The lowest BCUT2D eigenvalue weighted by Gasteiger charge is -2.09. The highest BCUT2D eigenvalue weighted by Crippen LogP contribution is 2.08. The Kier molecular flexibility index (Phi) is 5.46. The van der Waals surface area contributed by atoms with Crippen LogP contribution < -0.4 is 14.9 Å². The van der Waals surface area contributed by atoms with E-state index in [0.717, 1.165) is 32.1 Å². The van der Waals surface area contributed by atoms with E-state index in [1.165, 1.54) is 12.1 Å². The van der Waals surface area contributed by atoms with E-state index in [9.17, 15) is 15.2 Å². The number of anilines is 1. The molecule has 0 unspecified atom stereocenters. The standard InChI is InChI=1S/C15H20N4O3/c1-2-3-4-5-6-11-14(20)16-15-17-19(22)13-10-8-7-9-12(13)18(15)21/h7-10H,2-6,11H2,1H3,(H,16,17,20). The fourth-order valence-corrected chi connectivity index (χ4v) is 2.24. The molecule has 0 spiro atoms. The first-order chi connectivity index (χ1) is 10.6. The molecule has 2 rings (SSSR count). The molecule has 118 valence electrons. The average Bonchev–Trinajstić information content (AvgIpc) is 2.52. The molecular weight excluding hydrogens is 284 g/mol. The van der Waals surface area contributed by atoms with Crippen molar-refractivity contribution in [2.45, 2.75) is 45.4 Å². The smallest absolute Gasteiger partial charge is 0.468 e. The fraction of sp³-hybridized carbons (Fsp3) is 0.467. The molecule has 7 heteroatoms. The Balaban J connectivity index is 2.02. The number of carbonyl (C=O) groups excluding carboxylic acids is 1. The zero-order valence-electron chi connectivity index (χ0n) is 12.6. The van der Waals surface area contributed by atoms with E-state index in [0.29, 0.717) is 16.0 Å². The van der Waals surface area contributed by atoms with Gasteiger partial charge in [0.15, 0.2) is 5.52 Å². The van der Waals surface area contributed by atoms with Crippen LogP contribution in [0.4, 0.5) is 5.95 Å². The maximum Gasteiger partial charge on any atom is 0.468 e. The third-order valence-electron chi connectivity index (χ3n) is 3.44. The van der Waals surface area contributed by atoms with Gasteiger partial charge in [-0.3, -0.25) is 4.79 Å². The van der Waals surface area contributed by atoms with Crippen LogP contribution in [0.1, 0.15) is 45.4 Å². The number of hydrogen-bond acceptors (Lipinski definition) is 4. The molecule has 0 aliphatic rings. The van der Waals surface area contributed by atoms with Gasteiger partial charge in [-0.2, -0.15) is 0 Å². The van der Waals surface area contributed by atoms with Gasteiger partial charge in [-0.05, 0) is 12.5 Å². The van der Waals surface area contributed by atoms with Crippen molar-refractivity contribution in [3.05, 3.63) is 34.7 Å². The van der Waals surface area contributed by atoms with Crippen molar-refractivity contribution in [1.82, 2.24) is 5.10 Å². The Morgan fingerprint density at radius 3 is 2.55 bits per heavy atom. The van der Waals surface area contributed by atoms with E-state index in [2.05, 4.69) is 17.3 Å². The number of amides is 1. The van der Waals surface area contributed by atoms with Crippen LogP contribution in [0.25, 0.3) is 11.0 Å². The minimum Gasteiger partial charge on any atom is -0.739 e. The van der Waals surface area contributed by atoms with E-state index in [1.54, 1.807) is 12.1 Å². The molecule has 7 nitrogen and oxygen atoms in total. The van der Waals surface area contributed by atoms with Gasteiger partial charge in [0.05, 0.1) is 0 Å². The summed E-state index contributed by atoms with van der Waals surface area (Å²) in [6.07, 6.45) is 5.45. The summed E-state index contributed by atoms with van der Waals surface area (Å²) in [5.41, 5.74) is 0.334. The molecule has 1 N–H and O–H groups in total. The summed E-state index contributed by atoms with van der Waals surface area (Å²) in [6, 6.07) is 6.31. The predicted octanol–water partition coefficient (Wildman–Crippen LogP) is 1.80. The molecule has 1 aromatic heterocycles. The van der Waals surface area contributed by atoms with Crippen molar-refractivity contribution in [2.24, 2.45) is 0 Å². The molecule has 1 heterocycles. The van der Waals surface area contributed by atoms with E-state index in [-0.39, 0.29) is 22.9 Å². The number of para-hydroxylation sites is 2. The minimum atomic E-state index is -0.302. The number of fused-ring (bicyclic) bond motifs is 1. The van der Waals surface area contributed by atoms with Crippen LogP contribution in [0.5, 0.6) is 0 Å². The first kappa shape index (κ1) is 15.9. The molecule has 0 bridgehead atoms. The van der Waals surface area contributed by atoms with Crippen LogP contribution in [-0.2, 0) is 4.79 Å². The summed E-state index contributed by atoms with van der Waals surface area (Å²) >= 11 is 0. The molecule has 0 aliphatic heterocycles. The van der Waals surface area contributed by atoms with E-state index >= 15 is 0 Å². The van der Waals surface area contributed by atoms with Gasteiger partial charge in [0.25, 0.3) is 11.4 Å². The number of carbonyl (C=O) groups is 1. The Morgan fingerprint density at radius 2 is 1.82 bits per heavy atom. The second-order valence-electron chi connectivity index (χ2n) is 5.19. The number of benzene rings is 1. The van der Waals surface area contributed by atoms with Gasteiger partial charge in [0.2, 0.25) is 5.10 Å². The van der Waals surface area contributed by atoms with Crippen molar-refractivity contribution < 1.29 is 14.4 Å². The molecule has 1 aromatic carbocycles. The third kappa shape index (κ3) is 3.81. The maximum absolute atomic E-state index is 12.1. The van der Waals surface area contributed by atoms with Crippen LogP contribution in [0.2, 0.25) is 0 Å². The van der Waals surface area contributed by atoms with Crippen LogP contribution >= 0.6 is 0 Å². The van der Waals surface area contributed by atoms with Crippen LogP contribution in [0.15, 0.2) is 24.3 Å². The van der Waals surface area contributed by atoms with Crippen LogP contribution in [0.3, 0.4) is 0 Å². The molecular formula is C15H20N4O3. The second-order valence-corrected chi connectivity index (χ2v) is 5.19. The summed E-state index contributed by atoms with van der Waals surface area (Å²) in [6.45, 7) is 2.13. The van der Waals surface area contributed by atoms with Crippen molar-refractivity contribution in [3.8, 4) is 0 Å². The average molecular weight is 304 g/mol. The van der Waals surface area contributed by atoms with E-state index in [4.69, 9.17) is 0 Å². The highest BCUT2D eigenvalue weighted by molar-refractivity contribution is 5.88. The lowest BCUT2D eigenvalue weighted by molar-refractivity contribution is -0.672. The van der Waals surface area contributed by atoms with Crippen molar-refractivity contribution in [3.63, 3.8) is 0 Å². The number of aromatic nitrogens is 3. The van der Waals surface area contributed by atoms with Gasteiger partial charge in [-0.15, -0.1) is 0 Å². The molecule has 0 aliphatic carbocycles. The maximum atomic E-state index is 12.1. The van der Waals surface area contributed by atoms with Gasteiger partial charge >= 0.3 is 5.95 Å². The van der Waals surface area contributed by atoms with Crippen molar-refractivity contribution >= 4 is 22.9 Å². The lowest BCUT2D eigenvalue weighted by atomic mass is 10.1. The number of rotatable bonds is 7. The van der Waals surface area contributed by atoms with Crippen LogP contribution in [-0.4, -0.2) is 11.0 Å². The summed E-state index contributed by atoms with van der Waals surface area (Å²) < 4.78 is 0.471. The van der Waals surface area contributed by atoms with Gasteiger partial charge in [0.1, 0.15) is 0 Å². The number of hydrogen-bond donors (Lipinski definition) is 1. The lowest BCUT2D eigenvalue weighted by Crippen LogP contribution is -2.44. The molecule has 0 atom stereocenters. The molecule has 0 radical (unpaired) electrons. The normalized spacial score (nSPS) is 10.8. The van der Waals surface area contributed by atoms with Gasteiger partial charge in [-0.1, -0.05) is 44.7 Å². The number of nitrogens with zero attached hydrogens (tertiary/aromatic N) is 3. The largest absolute Gasteiger partial charge is 0.739 e. The molecule has 0 fully saturated rings. The third-order valence-corrected chi connectivity index (χ3v) is 3.44. The van der Waals surface area contributed by atoms with Gasteiger partial charge < -0.3 is 10.4 Å². The fourth-order valence-electron chi connectivity index (χ4n) is 2.24. The Bertz CT molecular complexity index is 661. The van der Waals surface area contributed by atoms with Gasteiger partial charge in [0, 0.05) is 17.3 Å². The second kappa shape index (κ2) is 7.53. The zero-order chi connectivity index (χ0) is 15.9. The molecule has 0 saturated carbocycles. The minimum absolute atomic E-state index is 0.162. The molecule has 0 saturated heterocycles. The highest BCUT2D eigenvalue weighted by Gasteiger charge is 2.21. The van der Waals surface area contributed by atoms with Crippen LogP contribution in [0, 0.1) is 10.4 Å². The molecule has 1 amide bonds. The van der Waals surface area contributed by atoms with Gasteiger partial charge in [-0.25, -0.2) is 10.0 Å². The Labute approximate surface area is 128 Å². The molecule has 2 aromatic rings. The molecule has 22 heavy (non-hydrogen) atoms. The van der Waals surface area contributed by atoms with E-state index < -0.39 is 0 Å². The van der Waals surface area contributed by atoms with Crippen molar-refractivity contribution in [1.29, 1.82) is 0 Å². The SMILES string of the molecule is CCCCCCCC(=O)Nc1n[n+]([O-])c2ccccc2[n+]1[O-]. The Hall–Kier alpha value is -2.44. The quantitative estimate of drug-likeness (QED) is 0.479. The summed E-state index contributed by atoms with van der Waals surface area (Å²) in [5, 5.41) is 29.9. The summed E-state index contributed by atoms with van der Waals surface area (Å²) in [4.78, 5) is 12.2. The van der Waals surface area contributed by atoms with E-state index in [1.807, 2.05) is 0 Å².